The lowest BCUT2D eigenvalue weighted by Crippen LogP contribution is -2.32. The van der Waals surface area contributed by atoms with Crippen LogP contribution in [0.4, 0.5) is 0 Å². The molecule has 0 bridgehead atoms. The van der Waals surface area contributed by atoms with Crippen LogP contribution in [0.1, 0.15) is 26.8 Å². The molecule has 32 heavy (non-hydrogen) atoms. The van der Waals surface area contributed by atoms with Crippen LogP contribution in [0.15, 0.2) is 70.9 Å². The lowest BCUT2D eigenvalue weighted by atomic mass is 10.1. The zero-order valence-corrected chi connectivity index (χ0v) is 19.7. The topological polar surface area (TPSA) is 92.8 Å². The number of nitrogens with one attached hydrogen (secondary N) is 1. The summed E-state index contributed by atoms with van der Waals surface area (Å²) in [6.45, 7) is -0.522. The van der Waals surface area contributed by atoms with Crippen LogP contribution >= 0.6 is 22.9 Å². The van der Waals surface area contributed by atoms with Crippen molar-refractivity contribution in [1.29, 1.82) is 0 Å². The molecule has 1 heterocycles. The van der Waals surface area contributed by atoms with Crippen molar-refractivity contribution in [2.45, 2.75) is 10.9 Å². The number of carbonyl (C=O) groups is 2. The fourth-order valence-electron chi connectivity index (χ4n) is 2.86. The van der Waals surface area contributed by atoms with Crippen LogP contribution in [-0.2, 0) is 19.6 Å². The highest BCUT2D eigenvalue weighted by Crippen LogP contribution is 2.26. The smallest absolute Gasteiger partial charge is 0.338 e. The van der Waals surface area contributed by atoms with Crippen molar-refractivity contribution in [2.24, 2.45) is 0 Å². The lowest BCUT2D eigenvalue weighted by Gasteiger charge is -2.18. The maximum atomic E-state index is 12.5. The summed E-state index contributed by atoms with van der Waals surface area (Å²) in [5.41, 5.74) is 0.867. The van der Waals surface area contributed by atoms with Gasteiger partial charge >= 0.3 is 5.97 Å². The summed E-state index contributed by atoms with van der Waals surface area (Å²) in [7, 11) is -1.13. The molecule has 1 unspecified atom stereocenters. The second kappa shape index (κ2) is 10.3. The summed E-state index contributed by atoms with van der Waals surface area (Å²) >= 11 is 7.50. The van der Waals surface area contributed by atoms with Gasteiger partial charge in [0.15, 0.2) is 6.61 Å². The molecule has 1 N–H and O–H groups in total. The zero-order valence-electron chi connectivity index (χ0n) is 17.3. The molecule has 3 aromatic rings. The Balaban J connectivity index is 1.70. The molecule has 0 radical (unpaired) electrons. The van der Waals surface area contributed by atoms with Gasteiger partial charge in [-0.25, -0.2) is 17.5 Å². The van der Waals surface area contributed by atoms with Crippen molar-refractivity contribution in [3.8, 4) is 0 Å². The quantitative estimate of drug-likeness (QED) is 0.484. The number of amides is 1. The average molecular weight is 493 g/mol. The number of thiophene rings is 1. The highest BCUT2D eigenvalue weighted by Gasteiger charge is 2.24. The van der Waals surface area contributed by atoms with E-state index in [4.69, 9.17) is 16.3 Å². The summed E-state index contributed by atoms with van der Waals surface area (Å²) < 4.78 is 30.9. The Hall–Kier alpha value is -2.72. The van der Waals surface area contributed by atoms with Gasteiger partial charge in [0.05, 0.1) is 16.6 Å². The van der Waals surface area contributed by atoms with E-state index in [9.17, 15) is 18.0 Å². The van der Waals surface area contributed by atoms with Gasteiger partial charge in [-0.3, -0.25) is 4.79 Å². The third kappa shape index (κ3) is 5.55. The maximum Gasteiger partial charge on any atom is 0.338 e. The van der Waals surface area contributed by atoms with Crippen molar-refractivity contribution in [1.82, 2.24) is 9.62 Å². The van der Waals surface area contributed by atoms with Gasteiger partial charge in [0.2, 0.25) is 10.0 Å². The van der Waals surface area contributed by atoms with Crippen molar-refractivity contribution >= 4 is 44.8 Å². The molecule has 1 atom stereocenters. The fourth-order valence-corrected chi connectivity index (χ4v) is 5.06. The number of ether oxygens (including phenoxy) is 1. The first-order valence-electron chi connectivity index (χ1n) is 9.47. The van der Waals surface area contributed by atoms with Gasteiger partial charge in [0, 0.05) is 19.0 Å². The summed E-state index contributed by atoms with van der Waals surface area (Å²) in [5, 5.41) is 4.77. The van der Waals surface area contributed by atoms with Crippen molar-refractivity contribution in [3.05, 3.63) is 87.1 Å². The molecule has 1 amide bonds. The predicted octanol–water partition coefficient (Wildman–Crippen LogP) is 3.71. The molecular formula is C22H21ClN2O5S2. The number of esters is 1. The summed E-state index contributed by atoms with van der Waals surface area (Å²) in [6, 6.07) is 16.6. The number of carbonyl (C=O) groups excluding carboxylic acids is 2. The summed E-state index contributed by atoms with van der Waals surface area (Å²) in [5.74, 6) is -1.32. The lowest BCUT2D eigenvalue weighted by molar-refractivity contribution is -0.124. The normalized spacial score (nSPS) is 12.4. The molecule has 168 valence electrons. The number of hydrogen-bond donors (Lipinski definition) is 1. The minimum absolute atomic E-state index is 0.0188. The number of halogens is 1. The molecule has 0 aliphatic carbocycles. The van der Waals surface area contributed by atoms with E-state index >= 15 is 0 Å². The largest absolute Gasteiger partial charge is 0.452 e. The van der Waals surface area contributed by atoms with Gasteiger partial charge in [-0.15, -0.1) is 11.3 Å². The Morgan fingerprint density at radius 3 is 2.44 bits per heavy atom. The molecule has 10 heteroatoms. The van der Waals surface area contributed by atoms with E-state index in [-0.39, 0.29) is 21.5 Å². The summed E-state index contributed by atoms with van der Waals surface area (Å²) in [6.07, 6.45) is 0. The molecule has 0 fully saturated rings. The van der Waals surface area contributed by atoms with E-state index in [0.717, 1.165) is 20.8 Å². The number of nitrogens with zero attached hydrogens (tertiary/aromatic N) is 1. The van der Waals surface area contributed by atoms with E-state index in [0.29, 0.717) is 0 Å². The highest BCUT2D eigenvalue weighted by atomic mass is 35.5. The second-order valence-electron chi connectivity index (χ2n) is 6.94. The monoisotopic (exact) mass is 492 g/mol. The van der Waals surface area contributed by atoms with Crippen LogP contribution in [0.25, 0.3) is 0 Å². The molecule has 0 spiro atoms. The van der Waals surface area contributed by atoms with Crippen LogP contribution in [0.5, 0.6) is 0 Å². The van der Waals surface area contributed by atoms with Gasteiger partial charge in [-0.1, -0.05) is 48.0 Å². The van der Waals surface area contributed by atoms with Gasteiger partial charge in [-0.05, 0) is 35.2 Å². The maximum absolute atomic E-state index is 12.5. The molecule has 0 saturated carbocycles. The molecule has 3 rings (SSSR count). The van der Waals surface area contributed by atoms with Gasteiger partial charge in [0.1, 0.15) is 4.90 Å². The standard InChI is InChI=1S/C22H21ClN2O5S2/c1-25(2)32(28,29)19-13-16(10-11-17(19)23)22(27)30-14-20(26)24-21(18-9-6-12-31-18)15-7-4-3-5-8-15/h3-13,21H,14H2,1-2H3,(H,24,26). The Morgan fingerprint density at radius 1 is 1.09 bits per heavy atom. The van der Waals surface area contributed by atoms with E-state index < -0.39 is 28.5 Å². The Kier molecular flexibility index (Phi) is 7.68. The number of benzene rings is 2. The van der Waals surface area contributed by atoms with Crippen molar-refractivity contribution < 1.29 is 22.7 Å². The average Bonchev–Trinajstić information content (AvgIpc) is 3.31. The third-order valence-corrected chi connectivity index (χ3v) is 7.76. The molecule has 7 nitrogen and oxygen atoms in total. The first-order valence-corrected chi connectivity index (χ1v) is 12.2. The SMILES string of the molecule is CN(C)S(=O)(=O)c1cc(C(=O)OCC(=O)NC(c2ccccc2)c2cccs2)ccc1Cl. The Bertz CT molecular complexity index is 1200. The molecule has 0 aliphatic heterocycles. The molecular weight excluding hydrogens is 472 g/mol. The van der Waals surface area contributed by atoms with E-state index in [1.54, 1.807) is 0 Å². The molecule has 2 aromatic carbocycles. The van der Waals surface area contributed by atoms with E-state index in [2.05, 4.69) is 5.32 Å². The van der Waals surface area contributed by atoms with Crippen LogP contribution in [0.2, 0.25) is 5.02 Å². The third-order valence-electron chi connectivity index (χ3n) is 4.53. The van der Waals surface area contributed by atoms with Gasteiger partial charge in [0.25, 0.3) is 5.91 Å². The Morgan fingerprint density at radius 2 is 1.81 bits per heavy atom. The predicted molar refractivity (Wildman–Crippen MR) is 123 cm³/mol. The van der Waals surface area contributed by atoms with Gasteiger partial charge in [-0.2, -0.15) is 0 Å². The van der Waals surface area contributed by atoms with Crippen LogP contribution in [0.3, 0.4) is 0 Å². The van der Waals surface area contributed by atoms with Crippen LogP contribution < -0.4 is 5.32 Å². The minimum atomic E-state index is -3.85. The first-order chi connectivity index (χ1) is 15.2. The fraction of sp³-hybridized carbons (Fsp3) is 0.182. The summed E-state index contributed by atoms with van der Waals surface area (Å²) in [4.78, 5) is 25.7. The van der Waals surface area contributed by atoms with E-state index in [1.807, 2.05) is 47.8 Å². The van der Waals surface area contributed by atoms with Crippen molar-refractivity contribution in [3.63, 3.8) is 0 Å². The Labute approximate surface area is 195 Å². The molecule has 1 aromatic heterocycles. The molecule has 0 saturated heterocycles. The van der Waals surface area contributed by atoms with E-state index in [1.165, 1.54) is 37.6 Å². The van der Waals surface area contributed by atoms with Crippen LogP contribution in [0, 0.1) is 0 Å². The second-order valence-corrected chi connectivity index (χ2v) is 10.4. The van der Waals surface area contributed by atoms with Crippen LogP contribution in [-0.4, -0.2) is 45.3 Å². The minimum Gasteiger partial charge on any atom is -0.452 e. The first kappa shape index (κ1) is 23.9. The number of hydrogen-bond acceptors (Lipinski definition) is 6. The molecule has 0 aliphatic rings. The van der Waals surface area contributed by atoms with Crippen molar-refractivity contribution in [2.75, 3.05) is 20.7 Å². The zero-order chi connectivity index (χ0) is 23.3. The number of rotatable bonds is 8. The highest BCUT2D eigenvalue weighted by molar-refractivity contribution is 7.89. The number of sulfonamides is 1. The van der Waals surface area contributed by atoms with Gasteiger partial charge < -0.3 is 10.1 Å².